The summed E-state index contributed by atoms with van der Waals surface area (Å²) in [5, 5.41) is 12.0. The van der Waals surface area contributed by atoms with E-state index in [-0.39, 0.29) is 0 Å². The molecule has 0 aliphatic rings. The molecule has 0 amide bonds. The normalized spacial score (nSPS) is 11.6. The number of guanidine groups is 1. The molecule has 2 N–H and O–H groups in total. The van der Waals surface area contributed by atoms with Crippen molar-refractivity contribution in [1.29, 1.82) is 0 Å². The molecule has 0 atom stereocenters. The maximum atomic E-state index is 4.61. The van der Waals surface area contributed by atoms with Gasteiger partial charge in [-0.05, 0) is 25.3 Å². The number of aryl methyl sites for hydroxylation is 1. The van der Waals surface area contributed by atoms with E-state index in [0.717, 1.165) is 49.1 Å². The van der Waals surface area contributed by atoms with Crippen molar-refractivity contribution < 1.29 is 0 Å². The highest BCUT2D eigenvalue weighted by atomic mass is 32.1. The standard InChI is InChI=1S/C15H22N4S2/c1-3-16-15(18-9-7-14-5-4-10-20-14)17-8-6-13-11-21-12(2)19-13/h4-5,10-11H,3,6-9H2,1-2H3,(H2,16,17,18). The van der Waals surface area contributed by atoms with Crippen molar-refractivity contribution in [3.63, 3.8) is 0 Å². The Balaban J connectivity index is 1.75. The molecular weight excluding hydrogens is 300 g/mol. The molecule has 21 heavy (non-hydrogen) atoms. The lowest BCUT2D eigenvalue weighted by atomic mass is 10.3. The van der Waals surface area contributed by atoms with E-state index in [1.165, 1.54) is 4.88 Å². The number of hydrogen-bond acceptors (Lipinski definition) is 4. The summed E-state index contributed by atoms with van der Waals surface area (Å²) in [7, 11) is 0. The van der Waals surface area contributed by atoms with Gasteiger partial charge in [0.1, 0.15) is 0 Å². The third kappa shape index (κ3) is 5.85. The zero-order valence-electron chi connectivity index (χ0n) is 12.6. The van der Waals surface area contributed by atoms with Crippen molar-refractivity contribution in [3.8, 4) is 0 Å². The van der Waals surface area contributed by atoms with Crippen LogP contribution in [0, 0.1) is 6.92 Å². The van der Waals surface area contributed by atoms with Crippen molar-refractivity contribution in [2.45, 2.75) is 26.7 Å². The highest BCUT2D eigenvalue weighted by Gasteiger charge is 2.00. The Bertz CT molecular complexity index is 546. The van der Waals surface area contributed by atoms with E-state index in [2.05, 4.69) is 50.4 Å². The molecule has 0 saturated heterocycles. The Labute approximate surface area is 134 Å². The van der Waals surface area contributed by atoms with Gasteiger partial charge in [-0.15, -0.1) is 22.7 Å². The number of aromatic nitrogens is 1. The number of thiazole rings is 1. The van der Waals surface area contributed by atoms with Crippen molar-refractivity contribution in [1.82, 2.24) is 15.6 Å². The zero-order chi connectivity index (χ0) is 14.9. The number of thiophene rings is 1. The molecule has 0 spiro atoms. The highest BCUT2D eigenvalue weighted by Crippen LogP contribution is 2.09. The molecule has 2 heterocycles. The Morgan fingerprint density at radius 3 is 2.86 bits per heavy atom. The van der Waals surface area contributed by atoms with Gasteiger partial charge < -0.3 is 10.6 Å². The average molecular weight is 323 g/mol. The Morgan fingerprint density at radius 2 is 2.19 bits per heavy atom. The predicted molar refractivity (Wildman–Crippen MR) is 92.6 cm³/mol. The van der Waals surface area contributed by atoms with Crippen LogP contribution in [0.25, 0.3) is 0 Å². The summed E-state index contributed by atoms with van der Waals surface area (Å²) in [4.78, 5) is 10.5. The van der Waals surface area contributed by atoms with Crippen LogP contribution in [0.5, 0.6) is 0 Å². The Kier molecular flexibility index (Phi) is 6.69. The average Bonchev–Trinajstić information content (AvgIpc) is 3.11. The molecule has 2 rings (SSSR count). The van der Waals surface area contributed by atoms with E-state index in [1.54, 1.807) is 22.7 Å². The fraction of sp³-hybridized carbons (Fsp3) is 0.467. The minimum atomic E-state index is 0.811. The smallest absolute Gasteiger partial charge is 0.191 e. The molecule has 2 aromatic rings. The summed E-state index contributed by atoms with van der Waals surface area (Å²) in [6.07, 6.45) is 1.93. The first-order valence-corrected chi connectivity index (χ1v) is 8.99. The van der Waals surface area contributed by atoms with Gasteiger partial charge in [-0.2, -0.15) is 0 Å². The first kappa shape index (κ1) is 16.0. The summed E-state index contributed by atoms with van der Waals surface area (Å²) < 4.78 is 0. The lowest BCUT2D eigenvalue weighted by Crippen LogP contribution is -2.38. The highest BCUT2D eigenvalue weighted by molar-refractivity contribution is 7.10. The minimum absolute atomic E-state index is 0.811. The van der Waals surface area contributed by atoms with Crippen LogP contribution in [0.2, 0.25) is 0 Å². The van der Waals surface area contributed by atoms with Gasteiger partial charge in [-0.3, -0.25) is 4.99 Å². The molecular formula is C15H22N4S2. The number of hydrogen-bond donors (Lipinski definition) is 2. The van der Waals surface area contributed by atoms with Crippen LogP contribution >= 0.6 is 22.7 Å². The molecule has 0 unspecified atom stereocenters. The monoisotopic (exact) mass is 322 g/mol. The number of nitrogens with zero attached hydrogens (tertiary/aromatic N) is 2. The van der Waals surface area contributed by atoms with Gasteiger partial charge >= 0.3 is 0 Å². The van der Waals surface area contributed by atoms with E-state index in [9.17, 15) is 0 Å². The van der Waals surface area contributed by atoms with Gasteiger partial charge in [0.05, 0.1) is 10.7 Å². The second kappa shape index (κ2) is 8.79. The van der Waals surface area contributed by atoms with E-state index in [0.29, 0.717) is 0 Å². The molecule has 0 aliphatic carbocycles. The molecule has 0 aliphatic heterocycles. The summed E-state index contributed by atoms with van der Waals surface area (Å²) in [5.41, 5.74) is 1.15. The molecule has 114 valence electrons. The predicted octanol–water partition coefficient (Wildman–Crippen LogP) is 2.85. The van der Waals surface area contributed by atoms with Crippen LogP contribution in [0.1, 0.15) is 22.5 Å². The maximum absolute atomic E-state index is 4.61. The van der Waals surface area contributed by atoms with Crippen molar-refractivity contribution in [3.05, 3.63) is 38.5 Å². The summed E-state index contributed by atoms with van der Waals surface area (Å²) in [6.45, 7) is 6.66. The number of aliphatic imine (C=N–C) groups is 1. The van der Waals surface area contributed by atoms with Crippen molar-refractivity contribution in [2.75, 3.05) is 19.6 Å². The quantitative estimate of drug-likeness (QED) is 0.609. The Hall–Kier alpha value is -1.40. The molecule has 2 aromatic heterocycles. The van der Waals surface area contributed by atoms with Crippen molar-refractivity contribution in [2.24, 2.45) is 4.99 Å². The van der Waals surface area contributed by atoms with Gasteiger partial charge in [0.25, 0.3) is 0 Å². The molecule has 0 radical (unpaired) electrons. The SMILES string of the molecule is CCNC(=NCCc1cccs1)NCCc1csc(C)n1. The second-order valence-corrected chi connectivity index (χ2v) is 6.72. The fourth-order valence-corrected chi connectivity index (χ4v) is 3.25. The maximum Gasteiger partial charge on any atom is 0.191 e. The van der Waals surface area contributed by atoms with Gasteiger partial charge in [0, 0.05) is 42.7 Å². The van der Waals surface area contributed by atoms with Crippen LogP contribution in [-0.4, -0.2) is 30.6 Å². The van der Waals surface area contributed by atoms with Crippen molar-refractivity contribution >= 4 is 28.6 Å². The van der Waals surface area contributed by atoms with Crippen LogP contribution in [0.4, 0.5) is 0 Å². The molecule has 0 aromatic carbocycles. The fourth-order valence-electron chi connectivity index (χ4n) is 1.91. The molecule has 6 heteroatoms. The third-order valence-electron chi connectivity index (χ3n) is 2.89. The first-order valence-electron chi connectivity index (χ1n) is 7.23. The van der Waals surface area contributed by atoms with Crippen LogP contribution < -0.4 is 10.6 Å². The second-order valence-electron chi connectivity index (χ2n) is 4.62. The largest absolute Gasteiger partial charge is 0.357 e. The number of nitrogens with one attached hydrogen (secondary N) is 2. The van der Waals surface area contributed by atoms with Crippen LogP contribution in [0.3, 0.4) is 0 Å². The van der Waals surface area contributed by atoms with Gasteiger partial charge in [0.15, 0.2) is 5.96 Å². The van der Waals surface area contributed by atoms with Crippen LogP contribution in [-0.2, 0) is 12.8 Å². The van der Waals surface area contributed by atoms with Gasteiger partial charge in [0.2, 0.25) is 0 Å². The lowest BCUT2D eigenvalue weighted by Gasteiger charge is -2.10. The zero-order valence-corrected chi connectivity index (χ0v) is 14.2. The molecule has 0 bridgehead atoms. The summed E-state index contributed by atoms with van der Waals surface area (Å²) in [5.74, 6) is 0.890. The summed E-state index contributed by atoms with van der Waals surface area (Å²) >= 11 is 3.49. The minimum Gasteiger partial charge on any atom is -0.357 e. The van der Waals surface area contributed by atoms with E-state index < -0.39 is 0 Å². The third-order valence-corrected chi connectivity index (χ3v) is 4.65. The Morgan fingerprint density at radius 1 is 1.29 bits per heavy atom. The molecule has 4 nitrogen and oxygen atoms in total. The first-order chi connectivity index (χ1) is 10.3. The van der Waals surface area contributed by atoms with E-state index >= 15 is 0 Å². The summed E-state index contributed by atoms with van der Waals surface area (Å²) in [6, 6.07) is 4.24. The molecule has 0 saturated carbocycles. The van der Waals surface area contributed by atoms with Gasteiger partial charge in [-0.25, -0.2) is 4.98 Å². The van der Waals surface area contributed by atoms with Gasteiger partial charge in [-0.1, -0.05) is 6.07 Å². The van der Waals surface area contributed by atoms with E-state index in [1.807, 2.05) is 6.92 Å². The van der Waals surface area contributed by atoms with E-state index in [4.69, 9.17) is 0 Å². The lowest BCUT2D eigenvalue weighted by molar-refractivity contribution is 0.788. The molecule has 0 fully saturated rings. The number of rotatable bonds is 7. The topological polar surface area (TPSA) is 49.3 Å². The van der Waals surface area contributed by atoms with Crippen LogP contribution in [0.15, 0.2) is 27.9 Å².